The zero-order chi connectivity index (χ0) is 12.8. The van der Waals surface area contributed by atoms with Gasteiger partial charge in [-0.15, -0.1) is 0 Å². The molecule has 0 aliphatic rings. The molecule has 0 spiro atoms. The number of benzene rings is 1. The number of rotatable bonds is 5. The van der Waals surface area contributed by atoms with Crippen LogP contribution in [0, 0.1) is 0 Å². The number of amides is 1. The molecule has 6 heteroatoms. The Kier molecular flexibility index (Phi) is 5.11. The first kappa shape index (κ1) is 13.7. The Hall–Kier alpha value is -1.40. The van der Waals surface area contributed by atoms with E-state index in [-0.39, 0.29) is 12.5 Å². The summed E-state index contributed by atoms with van der Waals surface area (Å²) in [6.07, 6.45) is 0. The maximum atomic E-state index is 11.5. The summed E-state index contributed by atoms with van der Waals surface area (Å²) in [5.41, 5.74) is 0.655. The average molecular weight is 301 g/mol. The van der Waals surface area contributed by atoms with E-state index in [9.17, 15) is 9.59 Å². The lowest BCUT2D eigenvalue weighted by molar-refractivity contribution is -0.139. The number of anilines is 1. The zero-order valence-corrected chi connectivity index (χ0v) is 10.8. The van der Waals surface area contributed by atoms with Crippen LogP contribution in [0.15, 0.2) is 28.7 Å². The summed E-state index contributed by atoms with van der Waals surface area (Å²) in [5.74, 6) is -1.27. The van der Waals surface area contributed by atoms with E-state index in [2.05, 4.69) is 26.6 Å². The second-order valence-corrected chi connectivity index (χ2v) is 4.32. The van der Waals surface area contributed by atoms with Crippen LogP contribution in [0.1, 0.15) is 6.92 Å². The first-order valence-corrected chi connectivity index (χ1v) is 5.80. The Morgan fingerprint density at radius 1 is 1.41 bits per heavy atom. The van der Waals surface area contributed by atoms with Gasteiger partial charge in [0.2, 0.25) is 5.91 Å². The number of para-hydroxylation sites is 1. The third kappa shape index (κ3) is 4.54. The maximum Gasteiger partial charge on any atom is 0.320 e. The van der Waals surface area contributed by atoms with Gasteiger partial charge < -0.3 is 10.4 Å². The van der Waals surface area contributed by atoms with E-state index in [1.165, 1.54) is 6.92 Å². The Balaban J connectivity index is 2.46. The molecule has 0 aromatic heterocycles. The van der Waals surface area contributed by atoms with Gasteiger partial charge in [-0.1, -0.05) is 12.1 Å². The SMILES string of the molecule is CC(NCC(=O)Nc1ccccc1Br)C(=O)O. The number of halogens is 1. The number of aliphatic carboxylic acids is 1. The molecule has 5 nitrogen and oxygen atoms in total. The van der Waals surface area contributed by atoms with Crippen molar-refractivity contribution in [3.8, 4) is 0 Å². The molecule has 1 atom stereocenters. The van der Waals surface area contributed by atoms with Gasteiger partial charge in [-0.3, -0.25) is 14.9 Å². The van der Waals surface area contributed by atoms with Crippen LogP contribution in [0.3, 0.4) is 0 Å². The van der Waals surface area contributed by atoms with Crippen molar-refractivity contribution in [3.05, 3.63) is 28.7 Å². The molecular weight excluding hydrogens is 288 g/mol. The Bertz CT molecular complexity index is 423. The maximum absolute atomic E-state index is 11.5. The Labute approximate surface area is 107 Å². The number of carbonyl (C=O) groups excluding carboxylic acids is 1. The van der Waals surface area contributed by atoms with Gasteiger partial charge in [0, 0.05) is 4.47 Å². The van der Waals surface area contributed by atoms with Gasteiger partial charge in [0.25, 0.3) is 0 Å². The van der Waals surface area contributed by atoms with Crippen molar-refractivity contribution in [1.82, 2.24) is 5.32 Å². The van der Waals surface area contributed by atoms with Gasteiger partial charge in [-0.25, -0.2) is 0 Å². The molecule has 1 amide bonds. The van der Waals surface area contributed by atoms with Crippen molar-refractivity contribution < 1.29 is 14.7 Å². The molecule has 1 aromatic carbocycles. The molecule has 3 N–H and O–H groups in total. The van der Waals surface area contributed by atoms with E-state index >= 15 is 0 Å². The molecule has 0 bridgehead atoms. The molecule has 17 heavy (non-hydrogen) atoms. The summed E-state index contributed by atoms with van der Waals surface area (Å²) in [5, 5.41) is 13.9. The standard InChI is InChI=1S/C11H13BrN2O3/c1-7(11(16)17)13-6-10(15)14-9-5-3-2-4-8(9)12/h2-5,7,13H,6H2,1H3,(H,14,15)(H,16,17). The van der Waals surface area contributed by atoms with Crippen LogP contribution in [0.4, 0.5) is 5.69 Å². The monoisotopic (exact) mass is 300 g/mol. The van der Waals surface area contributed by atoms with Crippen LogP contribution in [-0.4, -0.2) is 29.6 Å². The van der Waals surface area contributed by atoms with Crippen molar-refractivity contribution in [2.24, 2.45) is 0 Å². The number of hydrogen-bond donors (Lipinski definition) is 3. The number of carboxylic acids is 1. The van der Waals surface area contributed by atoms with Crippen LogP contribution in [-0.2, 0) is 9.59 Å². The topological polar surface area (TPSA) is 78.4 Å². The second-order valence-electron chi connectivity index (χ2n) is 3.47. The first-order valence-electron chi connectivity index (χ1n) is 5.01. The molecular formula is C11H13BrN2O3. The largest absolute Gasteiger partial charge is 0.480 e. The third-order valence-electron chi connectivity index (χ3n) is 2.09. The predicted octanol–water partition coefficient (Wildman–Crippen LogP) is 1.45. The summed E-state index contributed by atoms with van der Waals surface area (Å²) >= 11 is 3.30. The fraction of sp³-hybridized carbons (Fsp3) is 0.273. The van der Waals surface area contributed by atoms with Gasteiger partial charge >= 0.3 is 5.97 Å². The van der Waals surface area contributed by atoms with Crippen molar-refractivity contribution in [3.63, 3.8) is 0 Å². The molecule has 0 saturated heterocycles. The fourth-order valence-electron chi connectivity index (χ4n) is 1.09. The van der Waals surface area contributed by atoms with Crippen LogP contribution >= 0.6 is 15.9 Å². The molecule has 1 unspecified atom stereocenters. The highest BCUT2D eigenvalue weighted by atomic mass is 79.9. The van der Waals surface area contributed by atoms with Crippen molar-refractivity contribution in [1.29, 1.82) is 0 Å². The second kappa shape index (κ2) is 6.36. The molecule has 1 aromatic rings. The number of nitrogens with one attached hydrogen (secondary N) is 2. The normalized spacial score (nSPS) is 11.9. The average Bonchev–Trinajstić information content (AvgIpc) is 2.29. The Morgan fingerprint density at radius 3 is 2.65 bits per heavy atom. The minimum atomic E-state index is -0.987. The van der Waals surface area contributed by atoms with Crippen LogP contribution in [0.25, 0.3) is 0 Å². The molecule has 0 heterocycles. The molecule has 1 rings (SSSR count). The first-order chi connectivity index (χ1) is 8.00. The summed E-state index contributed by atoms with van der Waals surface area (Å²) in [4.78, 5) is 22.0. The number of carbonyl (C=O) groups is 2. The van der Waals surface area contributed by atoms with E-state index in [0.717, 1.165) is 4.47 Å². The van der Waals surface area contributed by atoms with Gasteiger partial charge in [0.15, 0.2) is 0 Å². The van der Waals surface area contributed by atoms with Gasteiger partial charge in [0.1, 0.15) is 6.04 Å². The summed E-state index contributed by atoms with van der Waals surface area (Å²) in [6, 6.07) is 6.45. The lowest BCUT2D eigenvalue weighted by Crippen LogP contribution is -2.39. The van der Waals surface area contributed by atoms with E-state index in [1.807, 2.05) is 12.1 Å². The third-order valence-corrected chi connectivity index (χ3v) is 2.78. The minimum absolute atomic E-state index is 0.0468. The van der Waals surface area contributed by atoms with Crippen molar-refractivity contribution >= 4 is 33.5 Å². The molecule has 0 aliphatic heterocycles. The van der Waals surface area contributed by atoms with Gasteiger partial charge in [-0.2, -0.15) is 0 Å². The van der Waals surface area contributed by atoms with E-state index in [1.54, 1.807) is 12.1 Å². The zero-order valence-electron chi connectivity index (χ0n) is 9.24. The summed E-state index contributed by atoms with van der Waals surface area (Å²) in [7, 11) is 0. The molecule has 92 valence electrons. The summed E-state index contributed by atoms with van der Waals surface area (Å²) < 4.78 is 0.777. The minimum Gasteiger partial charge on any atom is -0.480 e. The summed E-state index contributed by atoms with van der Waals surface area (Å²) in [6.45, 7) is 1.43. The smallest absolute Gasteiger partial charge is 0.320 e. The predicted molar refractivity (Wildman–Crippen MR) is 67.9 cm³/mol. The quantitative estimate of drug-likeness (QED) is 0.769. The number of carboxylic acid groups (broad SMARTS) is 1. The fourth-order valence-corrected chi connectivity index (χ4v) is 1.47. The molecule has 0 fully saturated rings. The van der Waals surface area contributed by atoms with Crippen LogP contribution < -0.4 is 10.6 Å². The van der Waals surface area contributed by atoms with Crippen LogP contribution in [0.2, 0.25) is 0 Å². The Morgan fingerprint density at radius 2 is 2.06 bits per heavy atom. The van der Waals surface area contributed by atoms with E-state index < -0.39 is 12.0 Å². The van der Waals surface area contributed by atoms with Crippen LogP contribution in [0.5, 0.6) is 0 Å². The van der Waals surface area contributed by atoms with Gasteiger partial charge in [-0.05, 0) is 35.0 Å². The highest BCUT2D eigenvalue weighted by molar-refractivity contribution is 9.10. The van der Waals surface area contributed by atoms with Crippen molar-refractivity contribution in [2.45, 2.75) is 13.0 Å². The number of hydrogen-bond acceptors (Lipinski definition) is 3. The van der Waals surface area contributed by atoms with Gasteiger partial charge in [0.05, 0.1) is 12.2 Å². The molecule has 0 saturated carbocycles. The highest BCUT2D eigenvalue weighted by Gasteiger charge is 2.12. The lowest BCUT2D eigenvalue weighted by atomic mass is 10.3. The molecule has 0 aliphatic carbocycles. The lowest BCUT2D eigenvalue weighted by Gasteiger charge is -2.10. The van der Waals surface area contributed by atoms with E-state index in [0.29, 0.717) is 5.69 Å². The molecule has 0 radical (unpaired) electrons. The highest BCUT2D eigenvalue weighted by Crippen LogP contribution is 2.20. The van der Waals surface area contributed by atoms with E-state index in [4.69, 9.17) is 5.11 Å². The van der Waals surface area contributed by atoms with Crippen molar-refractivity contribution in [2.75, 3.05) is 11.9 Å².